The molecule has 5 nitrogen and oxygen atoms in total. The summed E-state index contributed by atoms with van der Waals surface area (Å²) in [6.45, 7) is 2.64. The van der Waals surface area contributed by atoms with Gasteiger partial charge in [-0.05, 0) is 72.3 Å². The molecule has 1 fully saturated rings. The number of hydrogen-bond donors (Lipinski definition) is 1. The smallest absolute Gasteiger partial charge is 0.264 e. The molecular formula is C25H18BrCl3N2O3S. The molecule has 180 valence electrons. The fourth-order valence-corrected chi connectivity index (χ4v) is 4.84. The van der Waals surface area contributed by atoms with Gasteiger partial charge in [0.25, 0.3) is 5.91 Å². The molecule has 0 unspecified atom stereocenters. The molecule has 0 spiro atoms. The van der Waals surface area contributed by atoms with Crippen LogP contribution in [0, 0.1) is 0 Å². The number of amidine groups is 1. The summed E-state index contributed by atoms with van der Waals surface area (Å²) in [7, 11) is 0. The van der Waals surface area contributed by atoms with Crippen molar-refractivity contribution in [3.8, 4) is 11.5 Å². The van der Waals surface area contributed by atoms with E-state index in [1.165, 1.54) is 11.8 Å². The zero-order valence-corrected chi connectivity index (χ0v) is 23.0. The maximum absolute atomic E-state index is 12.5. The van der Waals surface area contributed by atoms with E-state index >= 15 is 0 Å². The van der Waals surface area contributed by atoms with Crippen LogP contribution in [0.25, 0.3) is 6.08 Å². The molecule has 4 rings (SSSR count). The first-order valence-electron chi connectivity index (χ1n) is 10.4. The molecule has 3 aromatic carbocycles. The van der Waals surface area contributed by atoms with Crippen LogP contribution in [0.15, 0.2) is 69.0 Å². The molecule has 0 aliphatic carbocycles. The number of benzene rings is 3. The fraction of sp³-hybridized carbons (Fsp3) is 0.120. The Labute approximate surface area is 230 Å². The highest BCUT2D eigenvalue weighted by Gasteiger charge is 2.25. The normalized spacial score (nSPS) is 15.5. The molecular weight excluding hydrogens is 595 g/mol. The van der Waals surface area contributed by atoms with E-state index in [1.807, 2.05) is 31.2 Å². The molecule has 1 aliphatic heterocycles. The molecule has 0 saturated carbocycles. The van der Waals surface area contributed by atoms with E-state index in [0.29, 0.717) is 61.1 Å². The first-order chi connectivity index (χ1) is 16.8. The Morgan fingerprint density at radius 3 is 2.57 bits per heavy atom. The summed E-state index contributed by atoms with van der Waals surface area (Å²) in [5.74, 6) is 0.656. The summed E-state index contributed by atoms with van der Waals surface area (Å²) in [6.07, 6.45) is 1.72. The predicted molar refractivity (Wildman–Crippen MR) is 148 cm³/mol. The van der Waals surface area contributed by atoms with E-state index in [0.717, 1.165) is 10.0 Å². The van der Waals surface area contributed by atoms with Crippen molar-refractivity contribution in [3.63, 3.8) is 0 Å². The van der Waals surface area contributed by atoms with Gasteiger partial charge >= 0.3 is 0 Å². The molecule has 35 heavy (non-hydrogen) atoms. The van der Waals surface area contributed by atoms with Crippen LogP contribution in [-0.2, 0) is 11.4 Å². The van der Waals surface area contributed by atoms with Crippen molar-refractivity contribution in [2.75, 3.05) is 6.61 Å². The van der Waals surface area contributed by atoms with Gasteiger partial charge in [-0.1, -0.05) is 68.9 Å². The third kappa shape index (κ3) is 6.54. The van der Waals surface area contributed by atoms with Crippen LogP contribution in [-0.4, -0.2) is 17.7 Å². The number of carbonyl (C=O) groups excluding carboxylic acids is 1. The molecule has 10 heteroatoms. The van der Waals surface area contributed by atoms with E-state index in [2.05, 4.69) is 26.2 Å². The summed E-state index contributed by atoms with van der Waals surface area (Å²) >= 11 is 23.4. The summed E-state index contributed by atoms with van der Waals surface area (Å²) in [5, 5.41) is 4.22. The van der Waals surface area contributed by atoms with Gasteiger partial charge in [0.2, 0.25) is 0 Å². The van der Waals surface area contributed by atoms with E-state index in [1.54, 1.807) is 36.4 Å². The Morgan fingerprint density at radius 1 is 1.06 bits per heavy atom. The highest BCUT2D eigenvalue weighted by molar-refractivity contribution is 9.10. The number of halogens is 4. The fourth-order valence-electron chi connectivity index (χ4n) is 3.13. The van der Waals surface area contributed by atoms with Gasteiger partial charge in [-0.25, -0.2) is 4.99 Å². The summed E-state index contributed by atoms with van der Waals surface area (Å²) in [6, 6.07) is 16.5. The molecule has 3 aromatic rings. The second kappa shape index (κ2) is 11.7. The maximum Gasteiger partial charge on any atom is 0.264 e. The monoisotopic (exact) mass is 610 g/mol. The second-order valence-corrected chi connectivity index (χ2v) is 10.4. The molecule has 1 amide bonds. The van der Waals surface area contributed by atoms with Crippen LogP contribution < -0.4 is 14.8 Å². The van der Waals surface area contributed by atoms with Crippen molar-refractivity contribution in [1.82, 2.24) is 5.32 Å². The Kier molecular flexibility index (Phi) is 8.68. The molecule has 0 bridgehead atoms. The molecule has 1 N–H and O–H groups in total. The van der Waals surface area contributed by atoms with Crippen LogP contribution in [0.3, 0.4) is 0 Å². The van der Waals surface area contributed by atoms with Gasteiger partial charge in [0.05, 0.1) is 32.3 Å². The second-order valence-electron chi connectivity index (χ2n) is 7.23. The minimum atomic E-state index is -0.281. The number of carbonyl (C=O) groups is 1. The number of nitrogens with one attached hydrogen (secondary N) is 1. The minimum absolute atomic E-state index is 0.281. The third-order valence-corrected chi connectivity index (χ3v) is 7.26. The predicted octanol–water partition coefficient (Wildman–Crippen LogP) is 8.28. The van der Waals surface area contributed by atoms with Crippen molar-refractivity contribution < 1.29 is 14.3 Å². The van der Waals surface area contributed by atoms with Crippen LogP contribution in [0.2, 0.25) is 15.1 Å². The largest absolute Gasteiger partial charge is 0.490 e. The van der Waals surface area contributed by atoms with Gasteiger partial charge in [-0.15, -0.1) is 0 Å². The maximum atomic E-state index is 12.5. The lowest BCUT2D eigenvalue weighted by Crippen LogP contribution is -2.19. The lowest BCUT2D eigenvalue weighted by molar-refractivity contribution is -0.115. The van der Waals surface area contributed by atoms with Crippen molar-refractivity contribution >= 4 is 85.3 Å². The number of amides is 1. The SMILES string of the molecule is CCOc1cc(/C=C2/SC(=Nc3cccc(Cl)c3Cl)NC2=O)cc(Cl)c1OCc1ccc(Br)cc1. The van der Waals surface area contributed by atoms with Crippen LogP contribution in [0.5, 0.6) is 11.5 Å². The average Bonchev–Trinajstić information content (AvgIpc) is 3.16. The van der Waals surface area contributed by atoms with Crippen molar-refractivity contribution in [1.29, 1.82) is 0 Å². The van der Waals surface area contributed by atoms with Gasteiger partial charge in [-0.3, -0.25) is 4.79 Å². The van der Waals surface area contributed by atoms with Crippen molar-refractivity contribution in [2.45, 2.75) is 13.5 Å². The molecule has 1 aliphatic rings. The number of rotatable bonds is 7. The van der Waals surface area contributed by atoms with Crippen molar-refractivity contribution in [3.05, 3.63) is 90.2 Å². The van der Waals surface area contributed by atoms with Crippen LogP contribution >= 0.6 is 62.5 Å². The minimum Gasteiger partial charge on any atom is -0.490 e. The van der Waals surface area contributed by atoms with Gasteiger partial charge in [0.15, 0.2) is 16.7 Å². The number of aliphatic imine (C=N–C) groups is 1. The first kappa shape index (κ1) is 25.9. The first-order valence-corrected chi connectivity index (χ1v) is 13.2. The van der Waals surface area contributed by atoms with Gasteiger partial charge in [-0.2, -0.15) is 0 Å². The van der Waals surface area contributed by atoms with Gasteiger partial charge < -0.3 is 14.8 Å². The van der Waals surface area contributed by atoms with Crippen LogP contribution in [0.1, 0.15) is 18.1 Å². The quantitative estimate of drug-likeness (QED) is 0.273. The van der Waals surface area contributed by atoms with E-state index < -0.39 is 0 Å². The molecule has 0 atom stereocenters. The Balaban J connectivity index is 1.56. The summed E-state index contributed by atoms with van der Waals surface area (Å²) < 4.78 is 12.7. The number of hydrogen-bond acceptors (Lipinski definition) is 5. The molecule has 0 radical (unpaired) electrons. The highest BCUT2D eigenvalue weighted by atomic mass is 79.9. The average molecular weight is 613 g/mol. The number of ether oxygens (including phenoxy) is 2. The third-order valence-electron chi connectivity index (χ3n) is 4.73. The Bertz CT molecular complexity index is 1330. The topological polar surface area (TPSA) is 59.9 Å². The molecule has 0 aromatic heterocycles. The van der Waals surface area contributed by atoms with Crippen molar-refractivity contribution in [2.24, 2.45) is 4.99 Å². The lowest BCUT2D eigenvalue weighted by Gasteiger charge is -2.15. The van der Waals surface area contributed by atoms with Gasteiger partial charge in [0, 0.05) is 4.47 Å². The van der Waals surface area contributed by atoms with Crippen LogP contribution in [0.4, 0.5) is 5.69 Å². The Hall–Kier alpha value is -2.16. The summed E-state index contributed by atoms with van der Waals surface area (Å²) in [5.41, 5.74) is 2.15. The number of nitrogens with zero attached hydrogens (tertiary/aromatic N) is 1. The lowest BCUT2D eigenvalue weighted by atomic mass is 10.1. The van der Waals surface area contributed by atoms with E-state index in [4.69, 9.17) is 44.3 Å². The summed E-state index contributed by atoms with van der Waals surface area (Å²) in [4.78, 5) is 17.4. The zero-order chi connectivity index (χ0) is 24.9. The Morgan fingerprint density at radius 2 is 1.83 bits per heavy atom. The standard InChI is InChI=1S/C25H18BrCl3N2O3S/c1-2-33-20-11-15(10-18(28)23(20)34-13-14-6-8-16(26)9-7-14)12-21-24(32)31-25(35-21)30-19-5-3-4-17(27)22(19)29/h3-12H,2,13H2,1H3,(H,30,31,32)/b21-12+. The van der Waals surface area contributed by atoms with Gasteiger partial charge in [0.1, 0.15) is 6.61 Å². The molecule has 1 saturated heterocycles. The molecule has 1 heterocycles. The zero-order valence-electron chi connectivity index (χ0n) is 18.3. The highest BCUT2D eigenvalue weighted by Crippen LogP contribution is 2.39. The van der Waals surface area contributed by atoms with E-state index in [9.17, 15) is 4.79 Å². The van der Waals surface area contributed by atoms with E-state index in [-0.39, 0.29) is 5.91 Å². The number of thioether (sulfide) groups is 1.